The molecule has 3 fully saturated rings. The fourth-order valence-corrected chi connectivity index (χ4v) is 6.21. The van der Waals surface area contributed by atoms with Crippen molar-refractivity contribution < 1.29 is 15.0 Å². The van der Waals surface area contributed by atoms with Gasteiger partial charge in [-0.1, -0.05) is 43.7 Å². The predicted octanol–water partition coefficient (Wildman–Crippen LogP) is 4.45. The Kier molecular flexibility index (Phi) is 4.98. The normalized spacial score (nSPS) is 46.9. The third kappa shape index (κ3) is 3.12. The number of rotatable bonds is 4. The molecule has 0 aromatic carbocycles. The van der Waals surface area contributed by atoms with Crippen LogP contribution in [0.5, 0.6) is 0 Å². The lowest BCUT2D eigenvalue weighted by Gasteiger charge is -2.52. The summed E-state index contributed by atoms with van der Waals surface area (Å²) in [5.74, 6) is 2.06. The third-order valence-corrected chi connectivity index (χ3v) is 7.44. The Morgan fingerprint density at radius 1 is 1.20 bits per heavy atom. The molecule has 0 aliphatic heterocycles. The summed E-state index contributed by atoms with van der Waals surface area (Å²) in [5, 5.41) is 19.6. The van der Waals surface area contributed by atoms with Gasteiger partial charge in [-0.2, -0.15) is 0 Å². The first-order valence-electron chi connectivity index (χ1n) is 9.70. The van der Waals surface area contributed by atoms with Crippen LogP contribution in [0.25, 0.3) is 0 Å². The molecule has 0 amide bonds. The molecular formula is C22H32O3. The number of carbonyl (C=O) groups is 1. The molecule has 138 valence electrons. The maximum atomic E-state index is 10.7. The van der Waals surface area contributed by atoms with E-state index in [0.717, 1.165) is 12.8 Å². The minimum absolute atomic E-state index is 0.176. The summed E-state index contributed by atoms with van der Waals surface area (Å²) in [5.41, 5.74) is 1.72. The summed E-state index contributed by atoms with van der Waals surface area (Å²) in [6.45, 7) is 9.09. The molecule has 0 aromatic heterocycles. The number of hydrogen-bond donors (Lipinski definition) is 2. The standard InChI is InChI=1S/C22H32O3/c1-5-13(2)21-15(8-6-7-9-18(24)25)19-14(3)10-11-17(23)20(19)16-12-22(16,21)4/h5-9,14-17,19-21,23H,10-12H2,1-4H3,(H,24,25)/b8-6+,9-7+,13-5-/t14-,15-,16+,17-,19-,20-,21-,22+/m0/s1. The number of aliphatic hydroxyl groups excluding tert-OH is 1. The molecule has 25 heavy (non-hydrogen) atoms. The topological polar surface area (TPSA) is 57.5 Å². The predicted molar refractivity (Wildman–Crippen MR) is 99.9 cm³/mol. The summed E-state index contributed by atoms with van der Waals surface area (Å²) in [6.07, 6.45) is 12.2. The second-order valence-corrected chi connectivity index (χ2v) is 8.76. The monoisotopic (exact) mass is 344 g/mol. The average molecular weight is 344 g/mol. The Hall–Kier alpha value is -1.35. The average Bonchev–Trinajstić information content (AvgIpc) is 3.25. The van der Waals surface area contributed by atoms with E-state index in [1.54, 1.807) is 6.08 Å². The maximum absolute atomic E-state index is 10.7. The number of aliphatic carboxylic acids is 1. The van der Waals surface area contributed by atoms with Crippen LogP contribution in [0.4, 0.5) is 0 Å². The van der Waals surface area contributed by atoms with Crippen molar-refractivity contribution in [2.75, 3.05) is 0 Å². The number of carboxylic acids is 1. The SMILES string of the molecule is C/C=C(/C)[C@H]1[C@@H](/C=C/C=C/C(=O)O)[C@H]2[C@@H]([C@H]3C[C@]31C)[C@@H](O)CC[C@@H]2C. The molecule has 0 unspecified atom stereocenters. The van der Waals surface area contributed by atoms with Gasteiger partial charge in [-0.3, -0.25) is 0 Å². The van der Waals surface area contributed by atoms with Crippen LogP contribution in [0.15, 0.2) is 36.0 Å². The van der Waals surface area contributed by atoms with E-state index >= 15 is 0 Å². The summed E-state index contributed by atoms with van der Waals surface area (Å²) >= 11 is 0. The number of carboxylic acid groups (broad SMARTS) is 1. The summed E-state index contributed by atoms with van der Waals surface area (Å²) in [7, 11) is 0. The van der Waals surface area contributed by atoms with Crippen LogP contribution in [0, 0.1) is 40.9 Å². The Labute approximate surface area is 151 Å². The summed E-state index contributed by atoms with van der Waals surface area (Å²) < 4.78 is 0. The van der Waals surface area contributed by atoms with E-state index in [4.69, 9.17) is 5.11 Å². The van der Waals surface area contributed by atoms with E-state index in [1.807, 2.05) is 6.08 Å². The van der Waals surface area contributed by atoms with Gasteiger partial charge in [0.2, 0.25) is 0 Å². The second kappa shape index (κ2) is 6.75. The molecule has 0 bridgehead atoms. The highest BCUT2D eigenvalue weighted by molar-refractivity contribution is 5.80. The number of allylic oxidation sites excluding steroid dienone is 5. The fourth-order valence-electron chi connectivity index (χ4n) is 6.21. The van der Waals surface area contributed by atoms with Crippen molar-refractivity contribution in [1.29, 1.82) is 0 Å². The van der Waals surface area contributed by atoms with E-state index < -0.39 is 5.97 Å². The highest BCUT2D eigenvalue weighted by Gasteiger charge is 2.68. The van der Waals surface area contributed by atoms with Crippen molar-refractivity contribution in [3.05, 3.63) is 36.0 Å². The van der Waals surface area contributed by atoms with Crippen LogP contribution < -0.4 is 0 Å². The fraction of sp³-hybridized carbons (Fsp3) is 0.682. The van der Waals surface area contributed by atoms with E-state index in [1.165, 1.54) is 18.1 Å². The molecule has 3 saturated carbocycles. The van der Waals surface area contributed by atoms with Crippen molar-refractivity contribution in [2.24, 2.45) is 40.9 Å². The zero-order valence-corrected chi connectivity index (χ0v) is 15.9. The van der Waals surface area contributed by atoms with Gasteiger partial charge in [-0.25, -0.2) is 4.79 Å². The van der Waals surface area contributed by atoms with Crippen molar-refractivity contribution >= 4 is 5.97 Å². The summed E-state index contributed by atoms with van der Waals surface area (Å²) in [4.78, 5) is 10.7. The molecule has 3 aliphatic rings. The van der Waals surface area contributed by atoms with Gasteiger partial charge in [0.1, 0.15) is 0 Å². The second-order valence-electron chi connectivity index (χ2n) is 8.76. The van der Waals surface area contributed by atoms with E-state index in [0.29, 0.717) is 35.5 Å². The van der Waals surface area contributed by atoms with E-state index in [-0.39, 0.29) is 11.5 Å². The lowest BCUT2D eigenvalue weighted by Crippen LogP contribution is -2.49. The highest BCUT2D eigenvalue weighted by Crippen LogP contribution is 2.72. The van der Waals surface area contributed by atoms with Gasteiger partial charge >= 0.3 is 5.97 Å². The molecular weight excluding hydrogens is 312 g/mol. The Bertz CT molecular complexity index is 617. The van der Waals surface area contributed by atoms with Gasteiger partial charge in [-0.05, 0) is 74.0 Å². The molecule has 0 spiro atoms. The van der Waals surface area contributed by atoms with Gasteiger partial charge in [0.25, 0.3) is 0 Å². The minimum atomic E-state index is -0.914. The first-order valence-corrected chi connectivity index (χ1v) is 9.70. The number of hydrogen-bond acceptors (Lipinski definition) is 2. The van der Waals surface area contributed by atoms with Crippen molar-refractivity contribution in [3.8, 4) is 0 Å². The smallest absolute Gasteiger partial charge is 0.328 e. The van der Waals surface area contributed by atoms with Gasteiger partial charge in [0.05, 0.1) is 6.10 Å². The van der Waals surface area contributed by atoms with Crippen molar-refractivity contribution in [1.82, 2.24) is 0 Å². The van der Waals surface area contributed by atoms with Crippen molar-refractivity contribution in [2.45, 2.75) is 53.1 Å². The molecule has 3 rings (SSSR count). The molecule has 3 aliphatic carbocycles. The van der Waals surface area contributed by atoms with Gasteiger partial charge in [0.15, 0.2) is 0 Å². The zero-order chi connectivity index (χ0) is 18.4. The molecule has 0 radical (unpaired) electrons. The molecule has 3 nitrogen and oxygen atoms in total. The molecule has 0 aromatic rings. The van der Waals surface area contributed by atoms with Crippen LogP contribution in [-0.4, -0.2) is 22.3 Å². The Morgan fingerprint density at radius 2 is 1.92 bits per heavy atom. The van der Waals surface area contributed by atoms with Crippen LogP contribution >= 0.6 is 0 Å². The minimum Gasteiger partial charge on any atom is -0.478 e. The number of fused-ring (bicyclic) bond motifs is 3. The molecule has 0 saturated heterocycles. The Balaban J connectivity index is 1.98. The first kappa shape index (κ1) is 18.4. The molecule has 0 heterocycles. The van der Waals surface area contributed by atoms with Crippen molar-refractivity contribution in [3.63, 3.8) is 0 Å². The summed E-state index contributed by atoms with van der Waals surface area (Å²) in [6, 6.07) is 0. The van der Waals surface area contributed by atoms with Crippen LogP contribution in [0.2, 0.25) is 0 Å². The van der Waals surface area contributed by atoms with Crippen LogP contribution in [0.1, 0.15) is 47.0 Å². The van der Waals surface area contributed by atoms with Gasteiger partial charge in [0, 0.05) is 6.08 Å². The molecule has 8 atom stereocenters. The first-order chi connectivity index (χ1) is 11.8. The Morgan fingerprint density at radius 3 is 2.56 bits per heavy atom. The maximum Gasteiger partial charge on any atom is 0.328 e. The largest absolute Gasteiger partial charge is 0.478 e. The van der Waals surface area contributed by atoms with Gasteiger partial charge < -0.3 is 10.2 Å². The lowest BCUT2D eigenvalue weighted by molar-refractivity contribution is -0.131. The highest BCUT2D eigenvalue weighted by atomic mass is 16.4. The molecule has 3 heteroatoms. The van der Waals surface area contributed by atoms with E-state index in [9.17, 15) is 9.90 Å². The van der Waals surface area contributed by atoms with E-state index in [2.05, 4.69) is 39.8 Å². The van der Waals surface area contributed by atoms with Gasteiger partial charge in [-0.15, -0.1) is 0 Å². The zero-order valence-electron chi connectivity index (χ0n) is 15.9. The molecule has 2 N–H and O–H groups in total. The van der Waals surface area contributed by atoms with Crippen LogP contribution in [0.3, 0.4) is 0 Å². The number of aliphatic hydroxyl groups is 1. The quantitative estimate of drug-likeness (QED) is 0.450. The lowest BCUT2D eigenvalue weighted by atomic mass is 9.53. The third-order valence-electron chi connectivity index (χ3n) is 7.44. The van der Waals surface area contributed by atoms with Crippen LogP contribution in [-0.2, 0) is 4.79 Å².